The first-order chi connectivity index (χ1) is 17.8. The number of carbonyl (C=O) groups is 1. The number of nitrogens with two attached hydrogens (primary N) is 3. The molecule has 230 valence electrons. The maximum absolute atomic E-state index is 11.5. The summed E-state index contributed by atoms with van der Waals surface area (Å²) >= 11 is 0. The third-order valence-corrected chi connectivity index (χ3v) is 6.74. The van der Waals surface area contributed by atoms with Crippen LogP contribution in [0.15, 0.2) is 0 Å². The molecule has 3 rings (SSSR count). The molecule has 0 spiro atoms. The van der Waals surface area contributed by atoms with Crippen LogP contribution in [0.3, 0.4) is 0 Å². The molecule has 15 atom stereocenters. The van der Waals surface area contributed by atoms with Crippen molar-refractivity contribution in [3.05, 3.63) is 0 Å². The first-order valence-electron chi connectivity index (χ1n) is 11.8. The highest BCUT2D eigenvalue weighted by molar-refractivity contribution is 5.66. The molecule has 0 aromatic carbocycles. The van der Waals surface area contributed by atoms with Crippen LogP contribution in [-0.2, 0) is 33.2 Å². The highest BCUT2D eigenvalue weighted by Gasteiger charge is 2.58. The minimum absolute atomic E-state index is 0. The van der Waals surface area contributed by atoms with E-state index in [2.05, 4.69) is 0 Å². The van der Waals surface area contributed by atoms with Gasteiger partial charge in [-0.15, -0.1) is 0 Å². The standard InChI is InChI=1S/C20H37N3O15.H2O/c1-5(27)37-20(4-26)16(31)13(30)10(23)19(38-20)36-15-7(3-25)34-18(9(22)12(15)29)35-14-6(2-24)33-17(32)8(21)11(14)28;/h6-19,24-26,28-32H,2-4,21-23H2,1H3;1H2/t6-,7-,8-,9-,10-,11-,12-,13-,14?,15?,16+,17-,18+,19+,20+;/m1./s1. The molecule has 0 aromatic heterocycles. The van der Waals surface area contributed by atoms with Crippen molar-refractivity contribution in [3.63, 3.8) is 0 Å². The van der Waals surface area contributed by atoms with Crippen molar-refractivity contribution < 1.29 is 79.5 Å². The van der Waals surface area contributed by atoms with E-state index < -0.39 is 117 Å². The Morgan fingerprint density at radius 1 is 0.795 bits per heavy atom. The first-order valence-corrected chi connectivity index (χ1v) is 11.8. The van der Waals surface area contributed by atoms with Gasteiger partial charge in [0.05, 0.1) is 31.3 Å². The fourth-order valence-corrected chi connectivity index (χ4v) is 4.54. The fraction of sp³-hybridized carbons (Fsp3) is 0.950. The molecule has 0 radical (unpaired) electrons. The van der Waals surface area contributed by atoms with Gasteiger partial charge in [-0.25, -0.2) is 0 Å². The minimum Gasteiger partial charge on any atom is -0.428 e. The Morgan fingerprint density at radius 2 is 1.28 bits per heavy atom. The Kier molecular flexibility index (Phi) is 11.9. The van der Waals surface area contributed by atoms with Crippen molar-refractivity contribution in [2.45, 2.75) is 98.5 Å². The zero-order chi connectivity index (χ0) is 28.5. The topological polar surface area (TPSA) is 344 Å². The molecule has 0 bridgehead atoms. The lowest BCUT2D eigenvalue weighted by molar-refractivity contribution is -0.399. The SMILES string of the molecule is CC(=O)O[C@@]1(CO)O[C@H](OC2[C@@H](CO)O[C@@H](OC3[C@@H](CO)O[C@@H](O)[C@H](N)[C@H]3O)[C@H](N)[C@H]2O)[C@H](N)[C@@H](O)[C@@H]1O.O. The van der Waals surface area contributed by atoms with E-state index in [9.17, 15) is 45.6 Å². The van der Waals surface area contributed by atoms with E-state index >= 15 is 0 Å². The van der Waals surface area contributed by atoms with Crippen molar-refractivity contribution in [1.82, 2.24) is 0 Å². The van der Waals surface area contributed by atoms with Crippen LogP contribution in [0.1, 0.15) is 6.92 Å². The summed E-state index contributed by atoms with van der Waals surface area (Å²) in [7, 11) is 0. The molecular weight excluding hydrogens is 538 g/mol. The van der Waals surface area contributed by atoms with E-state index in [1.165, 1.54) is 0 Å². The second-order valence-electron chi connectivity index (χ2n) is 9.37. The van der Waals surface area contributed by atoms with Crippen LogP contribution in [0.5, 0.6) is 0 Å². The van der Waals surface area contributed by atoms with Gasteiger partial charge in [-0.05, 0) is 0 Å². The number of esters is 1. The second-order valence-corrected chi connectivity index (χ2v) is 9.37. The lowest BCUT2D eigenvalue weighted by atomic mass is 9.93. The average Bonchev–Trinajstić information content (AvgIpc) is 2.89. The molecule has 3 heterocycles. The predicted molar refractivity (Wildman–Crippen MR) is 121 cm³/mol. The Labute approximate surface area is 221 Å². The predicted octanol–water partition coefficient (Wildman–Crippen LogP) is -8.61. The number of aliphatic hydroxyl groups excluding tert-OH is 8. The van der Waals surface area contributed by atoms with Crippen LogP contribution in [0.25, 0.3) is 0 Å². The van der Waals surface area contributed by atoms with Crippen molar-refractivity contribution in [1.29, 1.82) is 0 Å². The molecule has 2 unspecified atom stereocenters. The second kappa shape index (κ2) is 13.6. The summed E-state index contributed by atoms with van der Waals surface area (Å²) in [6.07, 6.45) is -17.4. The highest BCUT2D eigenvalue weighted by atomic mass is 16.8. The Balaban J connectivity index is 0.00000533. The van der Waals surface area contributed by atoms with Gasteiger partial charge >= 0.3 is 5.97 Å². The third kappa shape index (κ3) is 6.66. The van der Waals surface area contributed by atoms with Crippen LogP contribution in [-0.4, -0.2) is 164 Å². The molecule has 3 aliphatic rings. The van der Waals surface area contributed by atoms with E-state index in [1.54, 1.807) is 0 Å². The number of rotatable bonds is 8. The van der Waals surface area contributed by atoms with Gasteiger partial charge in [-0.1, -0.05) is 0 Å². The van der Waals surface area contributed by atoms with Crippen LogP contribution < -0.4 is 17.2 Å². The van der Waals surface area contributed by atoms with Gasteiger partial charge in [-0.3, -0.25) is 4.79 Å². The van der Waals surface area contributed by atoms with Gasteiger partial charge in [-0.2, -0.15) is 0 Å². The number of ether oxygens (including phenoxy) is 6. The van der Waals surface area contributed by atoms with E-state index in [1.807, 2.05) is 0 Å². The highest BCUT2D eigenvalue weighted by Crippen LogP contribution is 2.34. The van der Waals surface area contributed by atoms with Gasteiger partial charge in [0, 0.05) is 6.92 Å². The first kappa shape index (κ1) is 34.0. The summed E-state index contributed by atoms with van der Waals surface area (Å²) in [5, 5.41) is 81.1. The molecule has 3 saturated heterocycles. The lowest BCUT2D eigenvalue weighted by Gasteiger charge is -2.50. The third-order valence-electron chi connectivity index (χ3n) is 6.74. The largest absolute Gasteiger partial charge is 0.428 e. The summed E-state index contributed by atoms with van der Waals surface area (Å²) in [4.78, 5) is 11.5. The Morgan fingerprint density at radius 3 is 1.79 bits per heavy atom. The zero-order valence-corrected chi connectivity index (χ0v) is 20.9. The molecule has 0 aromatic rings. The van der Waals surface area contributed by atoms with E-state index in [0.29, 0.717) is 0 Å². The number of carbonyl (C=O) groups excluding carboxylic acids is 1. The van der Waals surface area contributed by atoms with Crippen molar-refractivity contribution in [2.75, 3.05) is 19.8 Å². The van der Waals surface area contributed by atoms with Gasteiger partial charge in [0.25, 0.3) is 5.79 Å². The molecule has 39 heavy (non-hydrogen) atoms. The van der Waals surface area contributed by atoms with Crippen LogP contribution >= 0.6 is 0 Å². The van der Waals surface area contributed by atoms with Gasteiger partial charge in [0.15, 0.2) is 18.9 Å². The normalized spacial score (nSPS) is 48.7. The monoisotopic (exact) mass is 577 g/mol. The minimum atomic E-state index is -2.46. The lowest BCUT2D eigenvalue weighted by Crippen LogP contribution is -2.72. The summed E-state index contributed by atoms with van der Waals surface area (Å²) in [5.41, 5.74) is 17.7. The van der Waals surface area contributed by atoms with Crippen LogP contribution in [0.2, 0.25) is 0 Å². The summed E-state index contributed by atoms with van der Waals surface area (Å²) < 4.78 is 32.4. The van der Waals surface area contributed by atoms with Gasteiger partial charge in [0.2, 0.25) is 0 Å². The molecule has 16 N–H and O–H groups in total. The maximum atomic E-state index is 11.5. The van der Waals surface area contributed by atoms with Crippen molar-refractivity contribution in [2.24, 2.45) is 17.2 Å². The molecule has 19 nitrogen and oxygen atoms in total. The van der Waals surface area contributed by atoms with Gasteiger partial charge in [0.1, 0.15) is 55.4 Å². The fourth-order valence-electron chi connectivity index (χ4n) is 4.54. The van der Waals surface area contributed by atoms with Crippen molar-refractivity contribution in [3.8, 4) is 0 Å². The van der Waals surface area contributed by atoms with Crippen LogP contribution in [0, 0.1) is 0 Å². The number of hydrogen-bond donors (Lipinski definition) is 11. The summed E-state index contributed by atoms with van der Waals surface area (Å²) in [6.45, 7) is -1.62. The molecule has 0 aliphatic carbocycles. The van der Waals surface area contributed by atoms with Gasteiger partial charge < -0.3 is 92.0 Å². The molecule has 19 heteroatoms. The van der Waals surface area contributed by atoms with E-state index in [4.69, 9.17) is 45.6 Å². The smallest absolute Gasteiger partial charge is 0.305 e. The van der Waals surface area contributed by atoms with E-state index in [0.717, 1.165) is 6.92 Å². The summed E-state index contributed by atoms with van der Waals surface area (Å²) in [6, 6.07) is -4.23. The Bertz CT molecular complexity index is 796. The molecular formula is C20H39N3O16. The molecule has 0 saturated carbocycles. The molecule has 3 fully saturated rings. The quantitative estimate of drug-likeness (QED) is 0.119. The maximum Gasteiger partial charge on any atom is 0.305 e. The number of hydrogen-bond acceptors (Lipinski definition) is 18. The molecule has 3 aliphatic heterocycles. The van der Waals surface area contributed by atoms with E-state index in [-0.39, 0.29) is 5.48 Å². The zero-order valence-electron chi connectivity index (χ0n) is 20.9. The number of aliphatic hydroxyl groups is 8. The van der Waals surface area contributed by atoms with Crippen LogP contribution in [0.4, 0.5) is 0 Å². The van der Waals surface area contributed by atoms with Crippen molar-refractivity contribution >= 4 is 5.97 Å². The average molecular weight is 578 g/mol. The Hall–Kier alpha value is -1.21. The molecule has 0 amide bonds. The summed E-state index contributed by atoms with van der Waals surface area (Å²) in [5.74, 6) is -3.44.